The summed E-state index contributed by atoms with van der Waals surface area (Å²) < 4.78 is 17.2. The van der Waals surface area contributed by atoms with Gasteiger partial charge in [0.25, 0.3) is 0 Å². The van der Waals surface area contributed by atoms with Crippen molar-refractivity contribution >= 4 is 15.9 Å². The molecule has 6 heteroatoms. The van der Waals surface area contributed by atoms with Gasteiger partial charge in [0.05, 0.1) is 0 Å². The van der Waals surface area contributed by atoms with E-state index in [0.29, 0.717) is 18.4 Å². The van der Waals surface area contributed by atoms with Gasteiger partial charge >= 0.3 is 0 Å². The lowest BCUT2D eigenvalue weighted by Crippen LogP contribution is -2.01. The van der Waals surface area contributed by atoms with Crippen LogP contribution in [-0.2, 0) is 6.61 Å². The zero-order chi connectivity index (χ0) is 14.2. The Hall–Kier alpha value is -1.82. The van der Waals surface area contributed by atoms with Gasteiger partial charge in [0.1, 0.15) is 17.0 Å². The van der Waals surface area contributed by atoms with Crippen LogP contribution in [0.25, 0.3) is 0 Å². The Morgan fingerprint density at radius 2 is 2.00 bits per heavy atom. The summed E-state index contributed by atoms with van der Waals surface area (Å²) in [7, 11) is 0. The number of benzene rings is 1. The van der Waals surface area contributed by atoms with Crippen LogP contribution in [0.2, 0.25) is 0 Å². The maximum atomic E-state index is 5.77. The quantitative estimate of drug-likeness (QED) is 0.792. The Morgan fingerprint density at radius 1 is 1.14 bits per heavy atom. The molecule has 0 bridgehead atoms. The number of halogens is 1. The molecule has 0 radical (unpaired) electrons. The van der Waals surface area contributed by atoms with E-state index in [4.69, 9.17) is 14.2 Å². The third-order valence-corrected chi connectivity index (χ3v) is 3.86. The number of hydrogen-bond acceptors (Lipinski definition) is 5. The summed E-state index contributed by atoms with van der Waals surface area (Å²) in [6, 6.07) is 7.58. The van der Waals surface area contributed by atoms with Gasteiger partial charge < -0.3 is 14.2 Å². The van der Waals surface area contributed by atoms with Gasteiger partial charge in [-0.05, 0) is 46.5 Å². The predicted molar refractivity (Wildman–Crippen MR) is 78.6 cm³/mol. The largest absolute Gasteiger partial charge is 0.473 e. The van der Waals surface area contributed by atoms with Crippen LogP contribution in [0, 0.1) is 0 Å². The van der Waals surface area contributed by atoms with Crippen molar-refractivity contribution in [3.05, 3.63) is 40.3 Å². The topological polar surface area (TPSA) is 53.5 Å². The van der Waals surface area contributed by atoms with E-state index in [-0.39, 0.29) is 6.79 Å². The molecular formula is C15H13BrN2O3. The summed E-state index contributed by atoms with van der Waals surface area (Å²) in [5, 5.41) is 0. The van der Waals surface area contributed by atoms with Crippen molar-refractivity contribution in [1.82, 2.24) is 9.97 Å². The summed E-state index contributed by atoms with van der Waals surface area (Å²) in [5.41, 5.74) is 1.02. The number of aromatic nitrogens is 2. The Morgan fingerprint density at radius 3 is 2.86 bits per heavy atom. The van der Waals surface area contributed by atoms with Gasteiger partial charge in [0.2, 0.25) is 12.7 Å². The summed E-state index contributed by atoms with van der Waals surface area (Å²) in [5.74, 6) is 3.50. The lowest BCUT2D eigenvalue weighted by atomic mass is 10.2. The highest BCUT2D eigenvalue weighted by molar-refractivity contribution is 9.10. The molecule has 0 atom stereocenters. The van der Waals surface area contributed by atoms with Crippen molar-refractivity contribution in [3.63, 3.8) is 0 Å². The smallest absolute Gasteiger partial charge is 0.231 e. The van der Waals surface area contributed by atoms with Gasteiger partial charge in [0.15, 0.2) is 11.5 Å². The molecule has 1 aromatic carbocycles. The molecular weight excluding hydrogens is 336 g/mol. The minimum atomic E-state index is 0.281. The number of nitrogens with zero attached hydrogens (tertiary/aromatic N) is 2. The normalized spacial score (nSPS) is 16.0. The van der Waals surface area contributed by atoms with Gasteiger partial charge in [-0.3, -0.25) is 0 Å². The second-order valence-corrected chi connectivity index (χ2v) is 5.95. The number of rotatable bonds is 4. The zero-order valence-electron chi connectivity index (χ0n) is 11.2. The summed E-state index contributed by atoms with van der Waals surface area (Å²) in [4.78, 5) is 8.85. The minimum Gasteiger partial charge on any atom is -0.473 e. The molecule has 108 valence electrons. The van der Waals surface area contributed by atoms with Crippen LogP contribution in [-0.4, -0.2) is 16.8 Å². The maximum absolute atomic E-state index is 5.77. The zero-order valence-corrected chi connectivity index (χ0v) is 12.8. The predicted octanol–water partition coefficient (Wildman–Crippen LogP) is 3.42. The van der Waals surface area contributed by atoms with Crippen LogP contribution in [0.5, 0.6) is 17.4 Å². The molecule has 2 aliphatic rings. The first-order valence-electron chi connectivity index (χ1n) is 6.84. The van der Waals surface area contributed by atoms with E-state index in [1.807, 2.05) is 18.2 Å². The van der Waals surface area contributed by atoms with E-state index in [1.165, 1.54) is 0 Å². The van der Waals surface area contributed by atoms with E-state index >= 15 is 0 Å². The average molecular weight is 349 g/mol. The molecule has 0 unspecified atom stereocenters. The highest BCUT2D eigenvalue weighted by Gasteiger charge is 2.27. The molecule has 1 aromatic heterocycles. The number of fused-ring (bicyclic) bond motifs is 1. The summed E-state index contributed by atoms with van der Waals surface area (Å²) in [6.07, 6.45) is 2.33. The van der Waals surface area contributed by atoms with E-state index < -0.39 is 0 Å². The van der Waals surface area contributed by atoms with Crippen LogP contribution in [0.1, 0.15) is 30.1 Å². The van der Waals surface area contributed by atoms with Gasteiger partial charge in [-0.1, -0.05) is 6.07 Å². The fraction of sp³-hybridized carbons (Fsp3) is 0.333. The van der Waals surface area contributed by atoms with Crippen LogP contribution in [0.4, 0.5) is 0 Å². The number of hydrogen-bond donors (Lipinski definition) is 0. The molecule has 1 aliphatic heterocycles. The summed E-state index contributed by atoms with van der Waals surface area (Å²) >= 11 is 3.41. The van der Waals surface area contributed by atoms with Gasteiger partial charge in [-0.2, -0.15) is 4.98 Å². The van der Waals surface area contributed by atoms with E-state index in [1.54, 1.807) is 6.07 Å². The van der Waals surface area contributed by atoms with Crippen molar-refractivity contribution in [1.29, 1.82) is 0 Å². The third-order valence-electron chi connectivity index (χ3n) is 3.45. The second-order valence-electron chi connectivity index (χ2n) is 5.14. The monoisotopic (exact) mass is 348 g/mol. The van der Waals surface area contributed by atoms with Crippen LogP contribution < -0.4 is 14.2 Å². The standard InChI is InChI=1S/C15H13BrN2O3/c16-13-6-14(18-15(17-13)10-2-3-10)19-7-9-1-4-11-12(5-9)21-8-20-11/h1,4-6,10H,2-3,7-8H2. The first-order chi connectivity index (χ1) is 10.3. The lowest BCUT2D eigenvalue weighted by molar-refractivity contribution is 0.174. The molecule has 1 aliphatic carbocycles. The van der Waals surface area contributed by atoms with Crippen molar-refractivity contribution in [2.45, 2.75) is 25.4 Å². The average Bonchev–Trinajstić information content (AvgIpc) is 3.23. The molecule has 2 aromatic rings. The molecule has 4 rings (SSSR count). The molecule has 1 fully saturated rings. The van der Waals surface area contributed by atoms with Crippen molar-refractivity contribution in [3.8, 4) is 17.4 Å². The molecule has 5 nitrogen and oxygen atoms in total. The third kappa shape index (κ3) is 2.81. The van der Waals surface area contributed by atoms with Gasteiger partial charge in [0, 0.05) is 12.0 Å². The molecule has 0 spiro atoms. The fourth-order valence-electron chi connectivity index (χ4n) is 2.20. The Kier molecular flexibility index (Phi) is 3.18. The first kappa shape index (κ1) is 12.9. The van der Waals surface area contributed by atoms with E-state index in [9.17, 15) is 0 Å². The molecule has 2 heterocycles. The van der Waals surface area contributed by atoms with Crippen LogP contribution in [0.15, 0.2) is 28.9 Å². The van der Waals surface area contributed by atoms with E-state index in [2.05, 4.69) is 25.9 Å². The fourth-order valence-corrected chi connectivity index (χ4v) is 2.58. The lowest BCUT2D eigenvalue weighted by Gasteiger charge is -2.08. The molecule has 21 heavy (non-hydrogen) atoms. The Labute approximate surface area is 130 Å². The van der Waals surface area contributed by atoms with Crippen molar-refractivity contribution in [2.75, 3.05) is 6.79 Å². The molecule has 0 N–H and O–H groups in total. The summed E-state index contributed by atoms with van der Waals surface area (Å²) in [6.45, 7) is 0.716. The van der Waals surface area contributed by atoms with Crippen LogP contribution >= 0.6 is 15.9 Å². The SMILES string of the molecule is Brc1cc(OCc2ccc3c(c2)OCO3)nc(C2CC2)n1. The van der Waals surface area contributed by atoms with Crippen molar-refractivity contribution in [2.24, 2.45) is 0 Å². The number of ether oxygens (including phenoxy) is 3. The molecule has 0 amide bonds. The maximum Gasteiger partial charge on any atom is 0.231 e. The van der Waals surface area contributed by atoms with Crippen LogP contribution in [0.3, 0.4) is 0 Å². The van der Waals surface area contributed by atoms with Crippen molar-refractivity contribution < 1.29 is 14.2 Å². The Balaban J connectivity index is 1.49. The second kappa shape index (κ2) is 5.18. The Bertz CT molecular complexity index is 689. The molecule has 0 saturated heterocycles. The van der Waals surface area contributed by atoms with E-state index in [0.717, 1.165) is 40.3 Å². The highest BCUT2D eigenvalue weighted by Crippen LogP contribution is 2.39. The first-order valence-corrected chi connectivity index (χ1v) is 7.63. The molecule has 1 saturated carbocycles. The highest BCUT2D eigenvalue weighted by atomic mass is 79.9. The van der Waals surface area contributed by atoms with Gasteiger partial charge in [-0.15, -0.1) is 0 Å². The minimum absolute atomic E-state index is 0.281. The van der Waals surface area contributed by atoms with Gasteiger partial charge in [-0.25, -0.2) is 4.98 Å².